The van der Waals surface area contributed by atoms with Gasteiger partial charge in [0.25, 0.3) is 20.2 Å². The van der Waals surface area contributed by atoms with Crippen LogP contribution in [0.2, 0.25) is 0 Å². The number of nitrogens with one attached hydrogen (secondary N) is 1. The Kier molecular flexibility index (Phi) is 4.01. The Bertz CT molecular complexity index is 1050. The van der Waals surface area contributed by atoms with Crippen LogP contribution in [0.5, 0.6) is 0 Å². The second-order valence-corrected chi connectivity index (χ2v) is 6.91. The summed E-state index contributed by atoms with van der Waals surface area (Å²) in [6.45, 7) is 0. The number of hydrogen-bond donors (Lipinski definition) is 3. The molecule has 0 saturated carbocycles. The maximum Gasteiger partial charge on any atom is 0.296 e. The van der Waals surface area contributed by atoms with Gasteiger partial charge in [0.15, 0.2) is 5.82 Å². The standard InChI is InChI=1S/C10H7N5O6S2/c11-4-6-5-13-15(10(6)14-12)8-3-7(22(16,17)18)1-2-9(8)23(19,20)21/h1-3,5,12H,(H,16,17,18)(H,19,20,21). The number of rotatable bonds is 4. The molecule has 0 aliphatic carbocycles. The third-order valence-corrected chi connectivity index (χ3v) is 4.46. The van der Waals surface area contributed by atoms with Crippen molar-refractivity contribution >= 4 is 26.1 Å². The minimum Gasteiger partial charge on any atom is -0.282 e. The molecule has 2 rings (SSSR count). The summed E-state index contributed by atoms with van der Waals surface area (Å²) in [7, 11) is -9.46. The van der Waals surface area contributed by atoms with Crippen LogP contribution in [0.4, 0.5) is 5.82 Å². The summed E-state index contributed by atoms with van der Waals surface area (Å²) in [6, 6.07) is 3.86. The Morgan fingerprint density at radius 1 is 1.22 bits per heavy atom. The second-order valence-electron chi connectivity index (χ2n) is 4.10. The summed E-state index contributed by atoms with van der Waals surface area (Å²) >= 11 is 0. The van der Waals surface area contributed by atoms with E-state index in [1.807, 2.05) is 0 Å². The summed E-state index contributed by atoms with van der Waals surface area (Å²) in [5, 5.41) is 15.6. The summed E-state index contributed by atoms with van der Waals surface area (Å²) in [5.41, 5.74) is 6.34. The first-order valence-electron chi connectivity index (χ1n) is 5.54. The molecule has 1 aromatic heterocycles. The zero-order valence-corrected chi connectivity index (χ0v) is 12.6. The van der Waals surface area contributed by atoms with Gasteiger partial charge >= 0.3 is 0 Å². The molecule has 0 aliphatic heterocycles. The first kappa shape index (κ1) is 16.7. The van der Waals surface area contributed by atoms with Crippen LogP contribution < -0.4 is 0 Å². The van der Waals surface area contributed by atoms with Crippen molar-refractivity contribution in [1.29, 1.82) is 10.8 Å². The van der Waals surface area contributed by atoms with E-state index in [1.54, 1.807) is 6.07 Å². The monoisotopic (exact) mass is 357 g/mol. The maximum absolute atomic E-state index is 11.4. The Balaban J connectivity index is 2.92. The van der Waals surface area contributed by atoms with E-state index in [2.05, 4.69) is 10.2 Å². The van der Waals surface area contributed by atoms with Crippen LogP contribution in [0.15, 0.2) is 39.3 Å². The molecule has 0 spiro atoms. The Morgan fingerprint density at radius 2 is 1.87 bits per heavy atom. The average Bonchev–Trinajstić information content (AvgIpc) is 2.87. The first-order valence-corrected chi connectivity index (χ1v) is 8.42. The summed E-state index contributed by atoms with van der Waals surface area (Å²) in [6.07, 6.45) is 0.973. The second kappa shape index (κ2) is 5.52. The van der Waals surface area contributed by atoms with Crippen LogP contribution in [-0.4, -0.2) is 35.7 Å². The molecule has 0 radical (unpaired) electrons. The van der Waals surface area contributed by atoms with Crippen molar-refractivity contribution in [3.05, 3.63) is 30.0 Å². The normalized spacial score (nSPS) is 11.9. The summed E-state index contributed by atoms with van der Waals surface area (Å²) < 4.78 is 64.2. The molecule has 0 saturated heterocycles. The van der Waals surface area contributed by atoms with Gasteiger partial charge in [-0.15, -0.1) is 5.11 Å². The van der Waals surface area contributed by atoms with E-state index in [4.69, 9.17) is 15.3 Å². The number of hydrogen-bond acceptors (Lipinski definition) is 8. The average molecular weight is 357 g/mol. The molecule has 3 N–H and O–H groups in total. The minimum absolute atomic E-state index is 0.182. The molecule has 120 valence electrons. The third kappa shape index (κ3) is 3.10. The number of aromatic nitrogens is 2. The van der Waals surface area contributed by atoms with Crippen molar-refractivity contribution in [2.45, 2.75) is 9.79 Å². The van der Waals surface area contributed by atoms with Crippen LogP contribution in [0.3, 0.4) is 0 Å². The molecule has 0 fully saturated rings. The van der Waals surface area contributed by atoms with Crippen molar-refractivity contribution in [2.75, 3.05) is 0 Å². The fourth-order valence-corrected chi connectivity index (χ4v) is 2.90. The number of nitriles is 1. The Morgan fingerprint density at radius 3 is 2.35 bits per heavy atom. The minimum atomic E-state index is -4.79. The topological polar surface area (TPSA) is 187 Å². The predicted octanol–water partition coefficient (Wildman–Crippen LogP) is 0.900. The molecular weight excluding hydrogens is 350 g/mol. The lowest BCUT2D eigenvalue weighted by molar-refractivity contribution is 0.477. The zero-order valence-electron chi connectivity index (χ0n) is 10.9. The maximum atomic E-state index is 11.4. The van der Waals surface area contributed by atoms with Gasteiger partial charge in [0.2, 0.25) is 0 Å². The molecule has 2 aromatic rings. The van der Waals surface area contributed by atoms with E-state index in [-0.39, 0.29) is 11.4 Å². The molecule has 0 bridgehead atoms. The summed E-state index contributed by atoms with van der Waals surface area (Å²) in [5.74, 6) is -0.384. The van der Waals surface area contributed by atoms with E-state index in [0.717, 1.165) is 18.3 Å². The first-order chi connectivity index (χ1) is 10.6. The van der Waals surface area contributed by atoms with Gasteiger partial charge < -0.3 is 0 Å². The fraction of sp³-hybridized carbons (Fsp3) is 0. The molecule has 1 heterocycles. The molecule has 0 aliphatic rings. The van der Waals surface area contributed by atoms with Gasteiger partial charge in [0.1, 0.15) is 16.5 Å². The summed E-state index contributed by atoms with van der Waals surface area (Å²) in [4.78, 5) is -1.42. The van der Waals surface area contributed by atoms with Gasteiger partial charge in [-0.05, 0) is 18.2 Å². The molecule has 0 atom stereocenters. The van der Waals surface area contributed by atoms with Crippen molar-refractivity contribution < 1.29 is 25.9 Å². The van der Waals surface area contributed by atoms with Crippen LogP contribution >= 0.6 is 0 Å². The van der Waals surface area contributed by atoms with Gasteiger partial charge in [0.05, 0.1) is 16.8 Å². The van der Waals surface area contributed by atoms with E-state index in [0.29, 0.717) is 10.7 Å². The quantitative estimate of drug-likeness (QED) is 0.531. The lowest BCUT2D eigenvalue weighted by atomic mass is 10.3. The van der Waals surface area contributed by atoms with Gasteiger partial charge in [-0.2, -0.15) is 27.2 Å². The van der Waals surface area contributed by atoms with Gasteiger partial charge in [0, 0.05) is 0 Å². The van der Waals surface area contributed by atoms with Crippen LogP contribution in [0, 0.1) is 16.9 Å². The molecule has 13 heteroatoms. The van der Waals surface area contributed by atoms with Gasteiger partial charge in [-0.1, -0.05) is 0 Å². The lowest BCUT2D eigenvalue weighted by Gasteiger charge is -2.10. The SMILES string of the molecule is N#Cc1cnn(-c2cc(S(=O)(=O)O)ccc2S(=O)(=O)O)c1N=N. The number of benzene rings is 1. The van der Waals surface area contributed by atoms with Gasteiger partial charge in [-0.25, -0.2) is 10.2 Å². The van der Waals surface area contributed by atoms with Crippen molar-refractivity contribution in [3.63, 3.8) is 0 Å². The van der Waals surface area contributed by atoms with Gasteiger partial charge in [-0.3, -0.25) is 9.11 Å². The highest BCUT2D eigenvalue weighted by Gasteiger charge is 2.23. The fourth-order valence-electron chi connectivity index (χ4n) is 1.75. The molecular formula is C10H7N5O6S2. The molecule has 23 heavy (non-hydrogen) atoms. The third-order valence-electron chi connectivity index (χ3n) is 2.70. The predicted molar refractivity (Wildman–Crippen MR) is 72.7 cm³/mol. The molecule has 0 amide bonds. The van der Waals surface area contributed by atoms with Crippen molar-refractivity contribution in [3.8, 4) is 11.8 Å². The van der Waals surface area contributed by atoms with Crippen LogP contribution in [0.25, 0.3) is 5.69 Å². The van der Waals surface area contributed by atoms with E-state index in [1.165, 1.54) is 0 Å². The smallest absolute Gasteiger partial charge is 0.282 e. The highest BCUT2D eigenvalue weighted by Crippen LogP contribution is 2.29. The van der Waals surface area contributed by atoms with Crippen molar-refractivity contribution in [2.24, 2.45) is 5.11 Å². The van der Waals surface area contributed by atoms with E-state index in [9.17, 15) is 21.4 Å². The van der Waals surface area contributed by atoms with Crippen LogP contribution in [0.1, 0.15) is 5.56 Å². The largest absolute Gasteiger partial charge is 0.296 e. The Labute approximate surface area is 129 Å². The highest BCUT2D eigenvalue weighted by molar-refractivity contribution is 7.86. The van der Waals surface area contributed by atoms with Crippen LogP contribution in [-0.2, 0) is 20.2 Å². The molecule has 11 nitrogen and oxygen atoms in total. The zero-order chi connectivity index (χ0) is 17.4. The molecule has 1 aromatic carbocycles. The molecule has 0 unspecified atom stereocenters. The van der Waals surface area contributed by atoms with Crippen molar-refractivity contribution in [1.82, 2.24) is 9.78 Å². The highest BCUT2D eigenvalue weighted by atomic mass is 32.2. The Hall–Kier alpha value is -2.66. The number of nitrogens with zero attached hydrogens (tertiary/aromatic N) is 4. The lowest BCUT2D eigenvalue weighted by Crippen LogP contribution is -2.09. The van der Waals surface area contributed by atoms with E-state index >= 15 is 0 Å². The van der Waals surface area contributed by atoms with E-state index < -0.39 is 35.7 Å².